The number of rotatable bonds is 4. The van der Waals surface area contributed by atoms with Crippen LogP contribution in [0.3, 0.4) is 0 Å². The second kappa shape index (κ2) is 4.26. The maximum Gasteiger partial charge on any atom is 0.325 e. The maximum atomic E-state index is 11.3. The van der Waals surface area contributed by atoms with Gasteiger partial charge in [-0.05, 0) is 6.92 Å². The summed E-state index contributed by atoms with van der Waals surface area (Å²) >= 11 is 0. The molecule has 1 unspecified atom stereocenters. The molecule has 6 nitrogen and oxygen atoms in total. The fourth-order valence-electron chi connectivity index (χ4n) is 1.72. The lowest BCUT2D eigenvalue weighted by Crippen LogP contribution is -2.67. The van der Waals surface area contributed by atoms with E-state index in [4.69, 9.17) is 10.5 Å². The minimum absolute atomic E-state index is 0.00407. The van der Waals surface area contributed by atoms with Gasteiger partial charge in [0.1, 0.15) is 11.6 Å². The minimum Gasteiger partial charge on any atom is -0.468 e. The molecule has 7 heteroatoms. The van der Waals surface area contributed by atoms with Gasteiger partial charge in [-0.3, -0.25) is 13.9 Å². The second-order valence-electron chi connectivity index (χ2n) is 3.59. The fourth-order valence-corrected chi connectivity index (χ4v) is 3.73. The standard InChI is InChI=1S/C8H17NO5S/c1-3-14-8(4-15(11,12)5-8)6(9)7(10)13-2/h6,11-12H,3-5,9H2,1-2H3. The Morgan fingerprint density at radius 2 is 2.13 bits per heavy atom. The van der Waals surface area contributed by atoms with Gasteiger partial charge in [-0.25, -0.2) is 0 Å². The van der Waals surface area contributed by atoms with Crippen molar-refractivity contribution in [1.82, 2.24) is 0 Å². The van der Waals surface area contributed by atoms with Crippen LogP contribution >= 0.6 is 10.6 Å². The van der Waals surface area contributed by atoms with Gasteiger partial charge in [0.05, 0.1) is 18.6 Å². The van der Waals surface area contributed by atoms with E-state index in [2.05, 4.69) is 4.74 Å². The summed E-state index contributed by atoms with van der Waals surface area (Å²) in [6.07, 6.45) is 0. The lowest BCUT2D eigenvalue weighted by atomic mass is 9.98. The molecule has 1 aliphatic rings. The van der Waals surface area contributed by atoms with Crippen molar-refractivity contribution in [2.45, 2.75) is 18.6 Å². The zero-order chi connectivity index (χ0) is 11.7. The van der Waals surface area contributed by atoms with Crippen LogP contribution in [0.25, 0.3) is 0 Å². The highest BCUT2D eigenvalue weighted by atomic mass is 32.3. The maximum absolute atomic E-state index is 11.3. The summed E-state index contributed by atoms with van der Waals surface area (Å²) in [6.45, 7) is 2.12. The molecule has 0 aromatic carbocycles. The van der Waals surface area contributed by atoms with E-state index in [1.807, 2.05) is 0 Å². The van der Waals surface area contributed by atoms with Crippen LogP contribution in [-0.4, -0.2) is 51.9 Å². The summed E-state index contributed by atoms with van der Waals surface area (Å²) < 4.78 is 28.5. The van der Waals surface area contributed by atoms with Crippen molar-refractivity contribution in [3.63, 3.8) is 0 Å². The van der Waals surface area contributed by atoms with Crippen molar-refractivity contribution in [3.05, 3.63) is 0 Å². The van der Waals surface area contributed by atoms with Crippen LogP contribution in [-0.2, 0) is 14.3 Å². The second-order valence-corrected chi connectivity index (χ2v) is 5.77. The highest BCUT2D eigenvalue weighted by Crippen LogP contribution is 2.56. The Balaban J connectivity index is 2.72. The molecule has 1 rings (SSSR count). The highest BCUT2D eigenvalue weighted by molar-refractivity contribution is 8.25. The third-order valence-electron chi connectivity index (χ3n) is 2.40. The summed E-state index contributed by atoms with van der Waals surface area (Å²) in [4.78, 5) is 11.3. The Bertz CT molecular complexity index is 249. The average Bonchev–Trinajstić information content (AvgIpc) is 2.12. The van der Waals surface area contributed by atoms with Crippen molar-refractivity contribution in [2.75, 3.05) is 25.2 Å². The fraction of sp³-hybridized carbons (Fsp3) is 0.875. The smallest absolute Gasteiger partial charge is 0.325 e. The molecule has 0 spiro atoms. The van der Waals surface area contributed by atoms with E-state index in [0.29, 0.717) is 6.61 Å². The highest BCUT2D eigenvalue weighted by Gasteiger charge is 2.56. The van der Waals surface area contributed by atoms with Gasteiger partial charge in [0, 0.05) is 6.61 Å². The Labute approximate surface area is 90.1 Å². The summed E-state index contributed by atoms with van der Waals surface area (Å²) in [5.41, 5.74) is 4.70. The lowest BCUT2D eigenvalue weighted by Gasteiger charge is -2.56. The molecule has 1 fully saturated rings. The number of nitrogens with two attached hydrogens (primary N) is 1. The minimum atomic E-state index is -2.61. The van der Waals surface area contributed by atoms with Crippen molar-refractivity contribution in [1.29, 1.82) is 0 Å². The first-order chi connectivity index (χ1) is 6.87. The summed E-state index contributed by atoms with van der Waals surface area (Å²) in [5, 5.41) is 0. The van der Waals surface area contributed by atoms with Crippen molar-refractivity contribution in [3.8, 4) is 0 Å². The van der Waals surface area contributed by atoms with E-state index in [1.165, 1.54) is 7.11 Å². The van der Waals surface area contributed by atoms with E-state index in [1.54, 1.807) is 6.92 Å². The van der Waals surface area contributed by atoms with Gasteiger partial charge in [-0.1, -0.05) is 0 Å². The average molecular weight is 239 g/mol. The zero-order valence-electron chi connectivity index (χ0n) is 8.80. The molecule has 0 aromatic rings. The molecule has 0 aliphatic carbocycles. The Morgan fingerprint density at radius 3 is 2.47 bits per heavy atom. The van der Waals surface area contributed by atoms with Crippen LogP contribution in [0.2, 0.25) is 0 Å². The van der Waals surface area contributed by atoms with E-state index in [-0.39, 0.29) is 11.5 Å². The quantitative estimate of drug-likeness (QED) is 0.598. The third kappa shape index (κ3) is 2.43. The number of hydrogen-bond donors (Lipinski definition) is 3. The molecule has 4 N–H and O–H groups in total. The molecule has 15 heavy (non-hydrogen) atoms. The van der Waals surface area contributed by atoms with Gasteiger partial charge in [0.15, 0.2) is 0 Å². The van der Waals surface area contributed by atoms with Crippen molar-refractivity contribution in [2.24, 2.45) is 5.73 Å². The van der Waals surface area contributed by atoms with Gasteiger partial charge in [-0.2, -0.15) is 10.6 Å². The van der Waals surface area contributed by atoms with E-state index in [0.717, 1.165) is 0 Å². The topological polar surface area (TPSA) is 102 Å². The Morgan fingerprint density at radius 1 is 1.60 bits per heavy atom. The third-order valence-corrected chi connectivity index (χ3v) is 4.31. The van der Waals surface area contributed by atoms with E-state index >= 15 is 0 Å². The Kier molecular flexibility index (Phi) is 3.62. The molecule has 0 saturated carbocycles. The zero-order valence-corrected chi connectivity index (χ0v) is 9.62. The van der Waals surface area contributed by atoms with Gasteiger partial charge < -0.3 is 15.2 Å². The number of carbonyl (C=O) groups is 1. The van der Waals surface area contributed by atoms with Crippen LogP contribution in [0.1, 0.15) is 6.92 Å². The number of hydrogen-bond acceptors (Lipinski definition) is 6. The van der Waals surface area contributed by atoms with E-state index in [9.17, 15) is 13.9 Å². The summed E-state index contributed by atoms with van der Waals surface area (Å²) in [7, 11) is -1.38. The largest absolute Gasteiger partial charge is 0.468 e. The van der Waals surface area contributed by atoms with Crippen molar-refractivity contribution < 1.29 is 23.4 Å². The predicted octanol–water partition coefficient (Wildman–Crippen LogP) is 0.0262. The van der Waals surface area contributed by atoms with Gasteiger partial charge in [0.25, 0.3) is 0 Å². The molecular weight excluding hydrogens is 222 g/mol. The van der Waals surface area contributed by atoms with Gasteiger partial charge >= 0.3 is 5.97 Å². The molecule has 0 radical (unpaired) electrons. The molecule has 1 aliphatic heterocycles. The molecule has 1 atom stereocenters. The van der Waals surface area contributed by atoms with Crippen molar-refractivity contribution >= 4 is 16.6 Å². The molecule has 0 aromatic heterocycles. The van der Waals surface area contributed by atoms with Crippen LogP contribution in [0.15, 0.2) is 0 Å². The first kappa shape index (κ1) is 12.7. The molecule has 1 heterocycles. The van der Waals surface area contributed by atoms with Gasteiger partial charge in [-0.15, -0.1) is 0 Å². The Hall–Kier alpha value is -0.340. The first-order valence-corrected chi connectivity index (χ1v) is 6.46. The van der Waals surface area contributed by atoms with Gasteiger partial charge in [0.2, 0.25) is 0 Å². The number of esters is 1. The van der Waals surface area contributed by atoms with E-state index < -0.39 is 28.2 Å². The van der Waals surface area contributed by atoms with Crippen LogP contribution < -0.4 is 5.73 Å². The number of ether oxygens (including phenoxy) is 2. The molecule has 1 saturated heterocycles. The predicted molar refractivity (Wildman–Crippen MR) is 56.9 cm³/mol. The number of methoxy groups -OCH3 is 1. The van der Waals surface area contributed by atoms with Crippen LogP contribution in [0, 0.1) is 0 Å². The summed E-state index contributed by atoms with van der Waals surface area (Å²) in [5.74, 6) is -0.591. The lowest BCUT2D eigenvalue weighted by molar-refractivity contribution is -0.150. The monoisotopic (exact) mass is 239 g/mol. The molecule has 90 valence electrons. The molecular formula is C8H17NO5S. The molecule has 0 amide bonds. The summed E-state index contributed by atoms with van der Waals surface area (Å²) in [6, 6.07) is -0.970. The van der Waals surface area contributed by atoms with Crippen LogP contribution in [0.5, 0.6) is 0 Å². The normalized spacial score (nSPS) is 26.2. The SMILES string of the molecule is CCOC1(C(N)C(=O)OC)CS(O)(O)C1. The van der Waals surface area contributed by atoms with Crippen LogP contribution in [0.4, 0.5) is 0 Å². The first-order valence-electron chi connectivity index (χ1n) is 4.58. The number of carbonyl (C=O) groups excluding carboxylic acids is 1. The molecule has 0 bridgehead atoms.